The van der Waals surface area contributed by atoms with Crippen molar-refractivity contribution < 1.29 is 9.84 Å². The van der Waals surface area contributed by atoms with E-state index in [4.69, 9.17) is 14.7 Å². The van der Waals surface area contributed by atoms with Gasteiger partial charge < -0.3 is 25.0 Å². The molecule has 7 heteroatoms. The summed E-state index contributed by atoms with van der Waals surface area (Å²) in [5, 5.41) is 17.2. The van der Waals surface area contributed by atoms with E-state index in [-0.39, 0.29) is 5.75 Å². The number of ether oxygens (including phenoxy) is 1. The Bertz CT molecular complexity index is 1380. The fourth-order valence-electron chi connectivity index (χ4n) is 5.39. The third kappa shape index (κ3) is 4.37. The average molecular weight is 470 g/mol. The highest BCUT2D eigenvalue weighted by Crippen LogP contribution is 2.36. The number of phenols is 1. The zero-order valence-corrected chi connectivity index (χ0v) is 20.2. The maximum Gasteiger partial charge on any atom is 0.318 e. The van der Waals surface area contributed by atoms with Gasteiger partial charge in [0.15, 0.2) is 0 Å². The molecule has 6 rings (SSSR count). The van der Waals surface area contributed by atoms with Gasteiger partial charge in [-0.15, -0.1) is 0 Å². The molecule has 7 nitrogen and oxygen atoms in total. The van der Waals surface area contributed by atoms with Crippen molar-refractivity contribution in [3.8, 4) is 22.9 Å². The highest BCUT2D eigenvalue weighted by Gasteiger charge is 2.33. The van der Waals surface area contributed by atoms with Crippen LogP contribution < -0.4 is 15.0 Å². The summed E-state index contributed by atoms with van der Waals surface area (Å²) in [7, 11) is 4.05. The van der Waals surface area contributed by atoms with Crippen molar-refractivity contribution in [2.75, 3.05) is 45.2 Å². The Hall–Kier alpha value is -3.42. The Morgan fingerprint density at radius 3 is 2.60 bits per heavy atom. The summed E-state index contributed by atoms with van der Waals surface area (Å²) >= 11 is 0. The highest BCUT2D eigenvalue weighted by molar-refractivity contribution is 6.00. The van der Waals surface area contributed by atoms with Crippen LogP contribution >= 0.6 is 0 Å². The number of aromatic nitrogens is 2. The Labute approximate surface area is 205 Å². The predicted molar refractivity (Wildman–Crippen MR) is 140 cm³/mol. The summed E-state index contributed by atoms with van der Waals surface area (Å²) in [4.78, 5) is 14.2. The van der Waals surface area contributed by atoms with Crippen molar-refractivity contribution in [3.05, 3.63) is 54.6 Å². The number of nitrogens with one attached hydrogen (secondary N) is 1. The maximum absolute atomic E-state index is 10.4. The first kappa shape index (κ1) is 22.1. The van der Waals surface area contributed by atoms with Gasteiger partial charge in [-0.25, -0.2) is 0 Å². The lowest BCUT2D eigenvalue weighted by Crippen LogP contribution is -2.51. The number of aromatic hydroxyl groups is 1. The van der Waals surface area contributed by atoms with E-state index in [1.54, 1.807) is 6.07 Å². The van der Waals surface area contributed by atoms with Gasteiger partial charge in [0.05, 0.1) is 5.52 Å². The van der Waals surface area contributed by atoms with Crippen molar-refractivity contribution >= 4 is 27.5 Å². The summed E-state index contributed by atoms with van der Waals surface area (Å²) < 4.78 is 6.01. The Morgan fingerprint density at radius 2 is 1.80 bits per heavy atom. The van der Waals surface area contributed by atoms with Crippen LogP contribution in [0.15, 0.2) is 54.6 Å². The number of likely N-dealkylation sites (N-methyl/N-ethyl adjacent to an activating group) is 1. The molecule has 2 unspecified atom stereocenters. The van der Waals surface area contributed by atoms with Crippen LogP contribution in [-0.2, 0) is 0 Å². The number of piperazine rings is 1. The summed E-state index contributed by atoms with van der Waals surface area (Å²) in [6.45, 7) is 3.21. The molecule has 2 atom stereocenters. The minimum absolute atomic E-state index is 0.256. The highest BCUT2D eigenvalue weighted by atomic mass is 16.5. The number of anilines is 1. The Kier molecular flexibility index (Phi) is 5.66. The molecule has 180 valence electrons. The number of phenolic OH excluding ortho intramolecular Hbond substituents is 1. The molecule has 2 bridgehead atoms. The van der Waals surface area contributed by atoms with E-state index in [9.17, 15) is 5.11 Å². The van der Waals surface area contributed by atoms with E-state index in [0.29, 0.717) is 24.7 Å². The molecule has 2 N–H and O–H groups in total. The molecule has 0 amide bonds. The second kappa shape index (κ2) is 8.98. The summed E-state index contributed by atoms with van der Waals surface area (Å²) in [5.74, 6) is 1.20. The Morgan fingerprint density at radius 1 is 1.00 bits per heavy atom. The van der Waals surface area contributed by atoms with Gasteiger partial charge in [-0.3, -0.25) is 0 Å². The first-order chi connectivity index (χ1) is 17.0. The molecule has 2 fully saturated rings. The number of rotatable bonds is 6. The molecule has 0 spiro atoms. The molecule has 4 aromatic rings. The van der Waals surface area contributed by atoms with Crippen molar-refractivity contribution in [3.63, 3.8) is 0 Å². The molecule has 2 aliphatic heterocycles. The third-order valence-electron chi connectivity index (χ3n) is 7.10. The number of benzene rings is 3. The van der Waals surface area contributed by atoms with Gasteiger partial charge in [-0.2, -0.15) is 9.97 Å². The standard InChI is InChI=1S/C28H31N5O2/c1-32(2)11-12-35-28-30-26-14-19(25-15-22(34)13-18-5-3-4-6-23(18)25)7-10-24(26)27(31-28)33-16-20-8-9-21(17-33)29-20/h3-7,10,13-15,20-21,29,34H,8-9,11-12,16-17H2,1-2H3. The largest absolute Gasteiger partial charge is 0.508 e. The first-order valence-corrected chi connectivity index (χ1v) is 12.4. The molecule has 0 aliphatic carbocycles. The third-order valence-corrected chi connectivity index (χ3v) is 7.10. The normalized spacial score (nSPS) is 19.7. The van der Waals surface area contributed by atoms with E-state index >= 15 is 0 Å². The van der Waals surface area contributed by atoms with Crippen LogP contribution in [0.3, 0.4) is 0 Å². The van der Waals surface area contributed by atoms with Gasteiger partial charge in [-0.05, 0) is 73.1 Å². The fraction of sp³-hybridized carbons (Fsp3) is 0.357. The monoisotopic (exact) mass is 469 g/mol. The summed E-state index contributed by atoms with van der Waals surface area (Å²) in [6.07, 6.45) is 2.43. The maximum atomic E-state index is 10.4. The van der Waals surface area contributed by atoms with Gasteiger partial charge in [0.2, 0.25) is 0 Å². The SMILES string of the molecule is CN(C)CCOc1nc(N2CC3CCC(C2)N3)c2ccc(-c3cc(O)cc4ccccc34)cc2n1. The first-order valence-electron chi connectivity index (χ1n) is 12.4. The van der Waals surface area contributed by atoms with Crippen LogP contribution in [0.2, 0.25) is 0 Å². The molecule has 2 aliphatic rings. The second-order valence-electron chi connectivity index (χ2n) is 9.97. The van der Waals surface area contributed by atoms with Crippen molar-refractivity contribution in [2.45, 2.75) is 24.9 Å². The quantitative estimate of drug-likeness (QED) is 0.442. The van der Waals surface area contributed by atoms with Gasteiger partial charge in [0.25, 0.3) is 0 Å². The fourth-order valence-corrected chi connectivity index (χ4v) is 5.39. The smallest absolute Gasteiger partial charge is 0.318 e. The van der Waals surface area contributed by atoms with Gasteiger partial charge in [0.1, 0.15) is 18.2 Å². The van der Waals surface area contributed by atoms with Gasteiger partial charge >= 0.3 is 6.01 Å². The van der Waals surface area contributed by atoms with Gasteiger partial charge in [0, 0.05) is 37.1 Å². The number of hydrogen-bond donors (Lipinski definition) is 2. The van der Waals surface area contributed by atoms with E-state index < -0.39 is 0 Å². The minimum atomic E-state index is 0.256. The lowest BCUT2D eigenvalue weighted by Gasteiger charge is -2.34. The van der Waals surface area contributed by atoms with Crippen LogP contribution in [0.25, 0.3) is 32.8 Å². The lowest BCUT2D eigenvalue weighted by molar-refractivity contribution is 0.246. The van der Waals surface area contributed by atoms with Gasteiger partial charge in [-0.1, -0.05) is 30.3 Å². The summed E-state index contributed by atoms with van der Waals surface area (Å²) in [6, 6.07) is 19.5. The van der Waals surface area contributed by atoms with Crippen molar-refractivity contribution in [2.24, 2.45) is 0 Å². The van der Waals surface area contributed by atoms with Crippen molar-refractivity contribution in [1.29, 1.82) is 0 Å². The zero-order chi connectivity index (χ0) is 23.9. The van der Waals surface area contributed by atoms with Crippen LogP contribution in [0.4, 0.5) is 5.82 Å². The van der Waals surface area contributed by atoms with Crippen molar-refractivity contribution in [1.82, 2.24) is 20.2 Å². The predicted octanol–water partition coefficient (Wildman–Crippen LogP) is 4.04. The molecule has 1 aromatic heterocycles. The van der Waals surface area contributed by atoms with Crippen LogP contribution in [0, 0.1) is 0 Å². The molecule has 35 heavy (non-hydrogen) atoms. The minimum Gasteiger partial charge on any atom is -0.508 e. The molecule has 2 saturated heterocycles. The second-order valence-corrected chi connectivity index (χ2v) is 9.97. The molecular weight excluding hydrogens is 438 g/mol. The van der Waals surface area contributed by atoms with Crippen LogP contribution in [0.5, 0.6) is 11.8 Å². The van der Waals surface area contributed by atoms with E-state index in [2.05, 4.69) is 39.4 Å². The summed E-state index contributed by atoms with van der Waals surface area (Å²) in [5.41, 5.74) is 2.84. The average Bonchev–Trinajstić information content (AvgIpc) is 3.19. The molecule has 3 heterocycles. The lowest BCUT2D eigenvalue weighted by atomic mass is 9.97. The van der Waals surface area contributed by atoms with Crippen LogP contribution in [0.1, 0.15) is 12.8 Å². The van der Waals surface area contributed by atoms with E-state index in [1.807, 2.05) is 38.4 Å². The number of nitrogens with zero attached hydrogens (tertiary/aromatic N) is 4. The molecule has 3 aromatic carbocycles. The van der Waals surface area contributed by atoms with Crippen LogP contribution in [-0.4, -0.2) is 72.4 Å². The Balaban J connectivity index is 1.45. The topological polar surface area (TPSA) is 73.8 Å². The zero-order valence-electron chi connectivity index (χ0n) is 20.2. The number of fused-ring (bicyclic) bond motifs is 4. The van der Waals surface area contributed by atoms with E-state index in [0.717, 1.165) is 58.3 Å². The molecule has 0 radical (unpaired) electrons. The van der Waals surface area contributed by atoms with E-state index in [1.165, 1.54) is 12.8 Å². The molecular formula is C28H31N5O2. The number of hydrogen-bond acceptors (Lipinski definition) is 7. The molecule has 0 saturated carbocycles.